The van der Waals surface area contributed by atoms with E-state index in [0.29, 0.717) is 3.57 Å². The Morgan fingerprint density at radius 3 is 2.44 bits per heavy atom. The van der Waals surface area contributed by atoms with Gasteiger partial charge in [0.25, 0.3) is 5.69 Å². The number of sulfonamides is 1. The second-order valence-electron chi connectivity index (χ2n) is 3.12. The van der Waals surface area contributed by atoms with Gasteiger partial charge in [-0.3, -0.25) is 14.4 Å². The number of halogens is 1. The third-order valence-corrected chi connectivity index (χ3v) is 4.11. The molecule has 0 aliphatic rings. The van der Waals surface area contributed by atoms with E-state index in [1.165, 1.54) is 25.2 Å². The van der Waals surface area contributed by atoms with Gasteiger partial charge in [-0.2, -0.15) is 0 Å². The Hall–Kier alpha value is -0.900. The van der Waals surface area contributed by atoms with Gasteiger partial charge in [-0.1, -0.05) is 0 Å². The molecule has 0 atom stereocenters. The van der Waals surface area contributed by atoms with Crippen LogP contribution < -0.4 is 4.31 Å². The third-order valence-electron chi connectivity index (χ3n) is 1.99. The summed E-state index contributed by atoms with van der Waals surface area (Å²) in [5.74, 6) is 0. The highest BCUT2D eigenvalue weighted by Crippen LogP contribution is 2.27. The molecule has 0 bridgehead atoms. The highest BCUT2D eigenvalue weighted by Gasteiger charge is 2.17. The molecular weight excluding hydrogens is 347 g/mol. The highest BCUT2D eigenvalue weighted by molar-refractivity contribution is 14.1. The first-order chi connectivity index (χ1) is 7.23. The Kier molecular flexibility index (Phi) is 3.73. The van der Waals surface area contributed by atoms with Crippen LogP contribution in [0, 0.1) is 13.7 Å². The molecule has 0 aliphatic carbocycles. The van der Waals surface area contributed by atoms with Crippen LogP contribution in [0.1, 0.15) is 0 Å². The van der Waals surface area contributed by atoms with Crippen LogP contribution in [0.4, 0.5) is 11.4 Å². The van der Waals surface area contributed by atoms with Crippen molar-refractivity contribution in [2.45, 2.75) is 0 Å². The van der Waals surface area contributed by atoms with Crippen LogP contribution in [0.25, 0.3) is 0 Å². The zero-order valence-corrected chi connectivity index (χ0v) is 11.5. The largest absolute Gasteiger partial charge is 0.284 e. The molecule has 0 amide bonds. The second-order valence-corrected chi connectivity index (χ2v) is 6.30. The predicted octanol–water partition coefficient (Wildman–Crippen LogP) is 1.60. The summed E-state index contributed by atoms with van der Waals surface area (Å²) in [6, 6.07) is 4.27. The molecule has 16 heavy (non-hydrogen) atoms. The van der Waals surface area contributed by atoms with Crippen LogP contribution in [0.2, 0.25) is 0 Å². The van der Waals surface area contributed by atoms with E-state index in [0.717, 1.165) is 10.6 Å². The first-order valence-corrected chi connectivity index (χ1v) is 7.04. The molecule has 1 aromatic rings. The summed E-state index contributed by atoms with van der Waals surface area (Å²) in [6.45, 7) is 0. The average Bonchev–Trinajstić information content (AvgIpc) is 2.15. The van der Waals surface area contributed by atoms with Gasteiger partial charge >= 0.3 is 0 Å². The molecule has 1 rings (SSSR count). The molecule has 0 spiro atoms. The third kappa shape index (κ3) is 2.82. The smallest absolute Gasteiger partial charge is 0.273 e. The van der Waals surface area contributed by atoms with E-state index in [1.54, 1.807) is 0 Å². The SMILES string of the molecule is CN(c1ccc(I)c([N+](=O)[O-])c1)S(C)(=O)=O. The van der Waals surface area contributed by atoms with Crippen LogP contribution in [0.3, 0.4) is 0 Å². The van der Waals surface area contributed by atoms with Crippen molar-refractivity contribution < 1.29 is 13.3 Å². The monoisotopic (exact) mass is 356 g/mol. The zero-order valence-electron chi connectivity index (χ0n) is 8.55. The number of anilines is 1. The lowest BCUT2D eigenvalue weighted by Gasteiger charge is -2.16. The molecule has 8 heteroatoms. The Morgan fingerprint density at radius 1 is 1.44 bits per heavy atom. The van der Waals surface area contributed by atoms with Crippen molar-refractivity contribution >= 4 is 44.0 Å². The van der Waals surface area contributed by atoms with Gasteiger partial charge in [0, 0.05) is 13.1 Å². The lowest BCUT2D eigenvalue weighted by molar-refractivity contribution is -0.385. The molecule has 0 radical (unpaired) electrons. The van der Waals surface area contributed by atoms with Crippen molar-refractivity contribution in [3.8, 4) is 0 Å². The summed E-state index contributed by atoms with van der Waals surface area (Å²) in [7, 11) is -2.05. The molecule has 0 unspecified atom stereocenters. The van der Waals surface area contributed by atoms with E-state index in [4.69, 9.17) is 0 Å². The lowest BCUT2D eigenvalue weighted by Crippen LogP contribution is -2.24. The molecule has 0 N–H and O–H groups in total. The van der Waals surface area contributed by atoms with Gasteiger partial charge < -0.3 is 0 Å². The fourth-order valence-electron chi connectivity index (χ4n) is 1.03. The van der Waals surface area contributed by atoms with E-state index >= 15 is 0 Å². The maximum absolute atomic E-state index is 11.3. The highest BCUT2D eigenvalue weighted by atomic mass is 127. The summed E-state index contributed by atoms with van der Waals surface area (Å²) >= 11 is 1.83. The van der Waals surface area contributed by atoms with Gasteiger partial charge in [0.1, 0.15) is 0 Å². The van der Waals surface area contributed by atoms with Crippen molar-refractivity contribution in [1.29, 1.82) is 0 Å². The maximum atomic E-state index is 11.3. The Morgan fingerprint density at radius 2 is 2.00 bits per heavy atom. The number of benzene rings is 1. The number of nitrogens with zero attached hydrogens (tertiary/aromatic N) is 2. The van der Waals surface area contributed by atoms with E-state index in [1.807, 2.05) is 22.6 Å². The normalized spacial score (nSPS) is 11.2. The summed E-state index contributed by atoms with van der Waals surface area (Å²) in [6.07, 6.45) is 1.04. The summed E-state index contributed by atoms with van der Waals surface area (Å²) in [5, 5.41) is 10.7. The topological polar surface area (TPSA) is 80.5 Å². The number of nitro benzene ring substituents is 1. The number of hydrogen-bond acceptors (Lipinski definition) is 4. The minimum Gasteiger partial charge on any atom is -0.273 e. The van der Waals surface area contributed by atoms with Crippen molar-refractivity contribution in [3.63, 3.8) is 0 Å². The minimum absolute atomic E-state index is 0.103. The standard InChI is InChI=1S/C8H9IN2O4S/c1-10(16(2,14)15)6-3-4-7(9)8(5-6)11(12)13/h3-5H,1-2H3. The Labute approximate surface area is 107 Å². The number of hydrogen-bond donors (Lipinski definition) is 0. The maximum Gasteiger partial charge on any atom is 0.284 e. The van der Waals surface area contributed by atoms with Gasteiger partial charge in [0.15, 0.2) is 0 Å². The van der Waals surface area contributed by atoms with Gasteiger partial charge in [-0.15, -0.1) is 0 Å². The summed E-state index contributed by atoms with van der Waals surface area (Å²) in [4.78, 5) is 10.1. The van der Waals surface area contributed by atoms with Gasteiger partial charge in [0.05, 0.1) is 20.4 Å². The zero-order chi connectivity index (χ0) is 12.5. The average molecular weight is 356 g/mol. The first kappa shape index (κ1) is 13.2. The number of nitro groups is 1. The summed E-state index contributed by atoms with van der Waals surface area (Å²) in [5.41, 5.74) is 0.170. The molecule has 0 saturated heterocycles. The molecule has 6 nitrogen and oxygen atoms in total. The first-order valence-electron chi connectivity index (χ1n) is 4.11. The van der Waals surface area contributed by atoms with E-state index in [2.05, 4.69) is 0 Å². The van der Waals surface area contributed by atoms with Crippen molar-refractivity contribution in [2.24, 2.45) is 0 Å². The van der Waals surface area contributed by atoms with Crippen LogP contribution in [0.5, 0.6) is 0 Å². The van der Waals surface area contributed by atoms with Crippen LogP contribution >= 0.6 is 22.6 Å². The summed E-state index contributed by atoms with van der Waals surface area (Å²) < 4.78 is 24.0. The minimum atomic E-state index is -3.40. The van der Waals surface area contributed by atoms with E-state index in [9.17, 15) is 18.5 Å². The molecular formula is C8H9IN2O4S. The van der Waals surface area contributed by atoms with Gasteiger partial charge in [-0.25, -0.2) is 8.42 Å². The molecule has 88 valence electrons. The molecule has 0 fully saturated rings. The molecule has 0 saturated carbocycles. The van der Waals surface area contributed by atoms with Gasteiger partial charge in [0.2, 0.25) is 10.0 Å². The molecule has 0 aromatic heterocycles. The van der Waals surface area contributed by atoms with Crippen molar-refractivity contribution in [3.05, 3.63) is 31.9 Å². The van der Waals surface area contributed by atoms with Crippen molar-refractivity contribution in [1.82, 2.24) is 0 Å². The second kappa shape index (κ2) is 4.53. The molecule has 0 aliphatic heterocycles. The Balaban J connectivity index is 3.29. The van der Waals surface area contributed by atoms with Gasteiger partial charge in [-0.05, 0) is 34.7 Å². The fraction of sp³-hybridized carbons (Fsp3) is 0.250. The molecule has 1 aromatic carbocycles. The predicted molar refractivity (Wildman–Crippen MR) is 69.1 cm³/mol. The lowest BCUT2D eigenvalue weighted by atomic mass is 10.3. The van der Waals surface area contributed by atoms with Crippen molar-refractivity contribution in [2.75, 3.05) is 17.6 Å². The van der Waals surface area contributed by atoms with Crippen LogP contribution in [-0.4, -0.2) is 26.6 Å². The van der Waals surface area contributed by atoms with Crippen LogP contribution in [-0.2, 0) is 10.0 Å². The van der Waals surface area contributed by atoms with E-state index < -0.39 is 14.9 Å². The Bertz CT molecular complexity index is 529. The number of rotatable bonds is 3. The quantitative estimate of drug-likeness (QED) is 0.468. The van der Waals surface area contributed by atoms with E-state index in [-0.39, 0.29) is 11.4 Å². The molecule has 0 heterocycles. The fourth-order valence-corrected chi connectivity index (χ4v) is 2.06. The van der Waals surface area contributed by atoms with Crippen LogP contribution in [0.15, 0.2) is 18.2 Å².